The van der Waals surface area contributed by atoms with Crippen LogP contribution in [0.15, 0.2) is 47.4 Å². The lowest BCUT2D eigenvalue weighted by molar-refractivity contribution is -0.385. The van der Waals surface area contributed by atoms with E-state index < -0.39 is 20.9 Å². The molecule has 1 amide bonds. The SMILES string of the molecule is Cc1c(C(=O)NCCNS(=O)(=O)c2cccc(Cl)c2)cccc1[N+](=O)[O-]. The van der Waals surface area contributed by atoms with Gasteiger partial charge in [0.05, 0.1) is 9.82 Å². The molecule has 0 bridgehead atoms. The maximum Gasteiger partial charge on any atom is 0.273 e. The number of amides is 1. The number of nitro groups is 1. The third-order valence-electron chi connectivity index (χ3n) is 3.56. The van der Waals surface area contributed by atoms with E-state index in [-0.39, 0.29) is 34.8 Å². The van der Waals surface area contributed by atoms with E-state index in [2.05, 4.69) is 10.0 Å². The van der Waals surface area contributed by atoms with E-state index in [0.717, 1.165) is 0 Å². The molecule has 2 N–H and O–H groups in total. The lowest BCUT2D eigenvalue weighted by atomic mass is 10.1. The minimum Gasteiger partial charge on any atom is -0.351 e. The zero-order valence-electron chi connectivity index (χ0n) is 13.7. The number of nitrogens with zero attached hydrogens (tertiary/aromatic N) is 1. The zero-order chi connectivity index (χ0) is 19.3. The van der Waals surface area contributed by atoms with E-state index in [1.807, 2.05) is 0 Å². The van der Waals surface area contributed by atoms with Crippen LogP contribution in [0.3, 0.4) is 0 Å². The molecule has 0 heterocycles. The van der Waals surface area contributed by atoms with Gasteiger partial charge in [-0.15, -0.1) is 0 Å². The molecule has 0 aliphatic carbocycles. The highest BCUT2D eigenvalue weighted by Crippen LogP contribution is 2.20. The Morgan fingerprint density at radius 2 is 1.88 bits per heavy atom. The summed E-state index contributed by atoms with van der Waals surface area (Å²) in [5, 5.41) is 13.7. The Balaban J connectivity index is 1.95. The number of nitrogens with one attached hydrogen (secondary N) is 2. The molecule has 0 fully saturated rings. The van der Waals surface area contributed by atoms with Crippen LogP contribution < -0.4 is 10.0 Å². The molecule has 0 saturated carbocycles. The smallest absolute Gasteiger partial charge is 0.273 e. The highest BCUT2D eigenvalue weighted by Gasteiger charge is 2.18. The van der Waals surface area contributed by atoms with Crippen LogP contribution in [0.2, 0.25) is 5.02 Å². The molecule has 0 aliphatic rings. The van der Waals surface area contributed by atoms with Gasteiger partial charge < -0.3 is 5.32 Å². The average Bonchev–Trinajstić information content (AvgIpc) is 2.58. The molecule has 2 aromatic carbocycles. The number of hydrogen-bond donors (Lipinski definition) is 2. The molecule has 2 rings (SSSR count). The number of carbonyl (C=O) groups is 1. The molecule has 0 aliphatic heterocycles. The molecule has 0 spiro atoms. The molecule has 10 heteroatoms. The first-order chi connectivity index (χ1) is 12.2. The summed E-state index contributed by atoms with van der Waals surface area (Å²) in [6.45, 7) is 1.45. The number of rotatable bonds is 7. The largest absolute Gasteiger partial charge is 0.351 e. The molecule has 0 unspecified atom stereocenters. The predicted octanol–water partition coefficient (Wildman–Crippen LogP) is 2.26. The molecule has 0 aromatic heterocycles. The number of halogens is 1. The van der Waals surface area contributed by atoms with Crippen LogP contribution in [-0.2, 0) is 10.0 Å². The van der Waals surface area contributed by atoms with Crippen molar-refractivity contribution >= 4 is 33.2 Å². The van der Waals surface area contributed by atoms with Crippen molar-refractivity contribution in [2.45, 2.75) is 11.8 Å². The Morgan fingerprint density at radius 1 is 1.19 bits per heavy atom. The number of hydrogen-bond acceptors (Lipinski definition) is 5. The first kappa shape index (κ1) is 19.8. The summed E-state index contributed by atoms with van der Waals surface area (Å²) in [4.78, 5) is 22.5. The Morgan fingerprint density at radius 3 is 2.54 bits per heavy atom. The van der Waals surface area contributed by atoms with Crippen molar-refractivity contribution in [2.24, 2.45) is 0 Å². The summed E-state index contributed by atoms with van der Waals surface area (Å²) in [6, 6.07) is 9.99. The summed E-state index contributed by atoms with van der Waals surface area (Å²) in [5.41, 5.74) is 0.255. The standard InChI is InChI=1S/C16H16ClN3O5S/c1-11-14(6-3-7-15(11)20(22)23)16(21)18-8-9-19-26(24,25)13-5-2-4-12(17)10-13/h2-7,10,19H,8-9H2,1H3,(H,18,21). The van der Waals surface area contributed by atoms with Gasteiger partial charge in [0.2, 0.25) is 10.0 Å². The van der Waals surface area contributed by atoms with Crippen LogP contribution in [0.25, 0.3) is 0 Å². The van der Waals surface area contributed by atoms with Crippen molar-refractivity contribution in [3.8, 4) is 0 Å². The molecule has 0 saturated heterocycles. The second-order valence-electron chi connectivity index (χ2n) is 5.32. The summed E-state index contributed by atoms with van der Waals surface area (Å²) in [6.07, 6.45) is 0. The van der Waals surface area contributed by atoms with Crippen molar-refractivity contribution in [3.05, 3.63) is 68.7 Å². The summed E-state index contributed by atoms with van der Waals surface area (Å²) >= 11 is 5.77. The normalized spacial score (nSPS) is 11.2. The third kappa shape index (κ3) is 4.78. The fourth-order valence-corrected chi connectivity index (χ4v) is 3.57. The van der Waals surface area contributed by atoms with Gasteiger partial charge in [0.15, 0.2) is 0 Å². The maximum atomic E-state index is 12.2. The van der Waals surface area contributed by atoms with Gasteiger partial charge in [-0.25, -0.2) is 13.1 Å². The lowest BCUT2D eigenvalue weighted by Gasteiger charge is -2.09. The van der Waals surface area contributed by atoms with Crippen LogP contribution in [0, 0.1) is 17.0 Å². The maximum absolute atomic E-state index is 12.2. The van der Waals surface area contributed by atoms with Gasteiger partial charge in [-0.1, -0.05) is 23.7 Å². The fourth-order valence-electron chi connectivity index (χ4n) is 2.24. The van der Waals surface area contributed by atoms with Gasteiger partial charge in [-0.2, -0.15) is 0 Å². The van der Waals surface area contributed by atoms with E-state index in [0.29, 0.717) is 5.02 Å². The van der Waals surface area contributed by atoms with E-state index in [9.17, 15) is 23.3 Å². The van der Waals surface area contributed by atoms with Crippen LogP contribution in [0.5, 0.6) is 0 Å². The van der Waals surface area contributed by atoms with Crippen molar-refractivity contribution in [3.63, 3.8) is 0 Å². The van der Waals surface area contributed by atoms with Crippen LogP contribution in [0.4, 0.5) is 5.69 Å². The number of benzene rings is 2. The van der Waals surface area contributed by atoms with Gasteiger partial charge in [0.25, 0.3) is 11.6 Å². The third-order valence-corrected chi connectivity index (χ3v) is 5.25. The quantitative estimate of drug-likeness (QED) is 0.422. The van der Waals surface area contributed by atoms with Crippen LogP contribution in [-0.4, -0.2) is 32.3 Å². The Hall–Kier alpha value is -2.49. The highest BCUT2D eigenvalue weighted by atomic mass is 35.5. The Kier molecular flexibility index (Phi) is 6.30. The first-order valence-corrected chi connectivity index (χ1v) is 9.36. The second-order valence-corrected chi connectivity index (χ2v) is 7.52. The molecule has 26 heavy (non-hydrogen) atoms. The van der Waals surface area contributed by atoms with E-state index in [1.54, 1.807) is 6.07 Å². The van der Waals surface area contributed by atoms with Crippen molar-refractivity contribution in [2.75, 3.05) is 13.1 Å². The molecule has 0 radical (unpaired) electrons. The molecule has 0 atom stereocenters. The monoisotopic (exact) mass is 397 g/mol. The van der Waals surface area contributed by atoms with E-state index >= 15 is 0 Å². The predicted molar refractivity (Wildman–Crippen MR) is 96.8 cm³/mol. The molecule has 138 valence electrons. The first-order valence-electron chi connectivity index (χ1n) is 7.50. The second kappa shape index (κ2) is 8.26. The van der Waals surface area contributed by atoms with Crippen LogP contribution in [0.1, 0.15) is 15.9 Å². The van der Waals surface area contributed by atoms with Crippen LogP contribution >= 0.6 is 11.6 Å². The molecule has 8 nitrogen and oxygen atoms in total. The zero-order valence-corrected chi connectivity index (χ0v) is 15.3. The Labute approximate surface area is 155 Å². The summed E-state index contributed by atoms with van der Waals surface area (Å²) in [7, 11) is -3.75. The van der Waals surface area contributed by atoms with Gasteiger partial charge in [0, 0.05) is 35.3 Å². The molecular formula is C16H16ClN3O5S. The number of nitro benzene ring substituents is 1. The number of sulfonamides is 1. The lowest BCUT2D eigenvalue weighted by Crippen LogP contribution is -2.35. The highest BCUT2D eigenvalue weighted by molar-refractivity contribution is 7.89. The fraction of sp³-hybridized carbons (Fsp3) is 0.188. The average molecular weight is 398 g/mol. The Bertz CT molecular complexity index is 947. The molecular weight excluding hydrogens is 382 g/mol. The minimum absolute atomic E-state index is 0.0146. The topological polar surface area (TPSA) is 118 Å². The van der Waals surface area contributed by atoms with E-state index in [4.69, 9.17) is 11.6 Å². The van der Waals surface area contributed by atoms with Crippen molar-refractivity contribution in [1.82, 2.24) is 10.0 Å². The number of carbonyl (C=O) groups excluding carboxylic acids is 1. The van der Waals surface area contributed by atoms with Crippen molar-refractivity contribution in [1.29, 1.82) is 0 Å². The summed E-state index contributed by atoms with van der Waals surface area (Å²) in [5.74, 6) is -0.520. The van der Waals surface area contributed by atoms with Gasteiger partial charge in [0.1, 0.15) is 0 Å². The van der Waals surface area contributed by atoms with Crippen molar-refractivity contribution < 1.29 is 18.1 Å². The minimum atomic E-state index is -3.75. The molecule has 2 aromatic rings. The summed E-state index contributed by atoms with van der Waals surface area (Å²) < 4.78 is 26.6. The van der Waals surface area contributed by atoms with Gasteiger partial charge in [-0.05, 0) is 31.2 Å². The van der Waals surface area contributed by atoms with Gasteiger partial charge >= 0.3 is 0 Å². The van der Waals surface area contributed by atoms with Gasteiger partial charge in [-0.3, -0.25) is 14.9 Å². The van der Waals surface area contributed by atoms with E-state index in [1.165, 1.54) is 43.3 Å².